The topological polar surface area (TPSA) is 71.3 Å². The number of carbonyl (C=O) groups is 1. The first-order chi connectivity index (χ1) is 16.9. The number of rotatable bonds is 10. The van der Waals surface area contributed by atoms with E-state index in [0.29, 0.717) is 41.8 Å². The van der Waals surface area contributed by atoms with Crippen LogP contribution in [0.1, 0.15) is 34.7 Å². The molecule has 35 heavy (non-hydrogen) atoms. The third kappa shape index (κ3) is 7.16. The number of nitrogens with one attached hydrogen (secondary N) is 1. The zero-order chi connectivity index (χ0) is 24.7. The maximum absolute atomic E-state index is 12.9. The van der Waals surface area contributed by atoms with E-state index in [-0.39, 0.29) is 18.9 Å². The maximum Gasteiger partial charge on any atom is 0.416 e. The van der Waals surface area contributed by atoms with Gasteiger partial charge < -0.3 is 14.6 Å². The van der Waals surface area contributed by atoms with E-state index in [1.807, 2.05) is 41.3 Å². The lowest BCUT2D eigenvalue weighted by molar-refractivity contribution is -0.137. The minimum atomic E-state index is -4.42. The number of aromatic nitrogens is 2. The van der Waals surface area contributed by atoms with Gasteiger partial charge in [0.25, 0.3) is 0 Å². The smallest absolute Gasteiger partial charge is 0.416 e. The number of nitrogens with zero attached hydrogens (tertiary/aromatic N) is 3. The Morgan fingerprint density at radius 1 is 1.03 bits per heavy atom. The van der Waals surface area contributed by atoms with Crippen molar-refractivity contribution in [3.05, 3.63) is 101 Å². The summed E-state index contributed by atoms with van der Waals surface area (Å²) in [5.74, 6) is 1.13. The van der Waals surface area contributed by atoms with Crippen molar-refractivity contribution in [1.29, 1.82) is 0 Å². The van der Waals surface area contributed by atoms with Crippen LogP contribution < -0.4 is 10.2 Å². The molecule has 0 radical (unpaired) electrons. The molecule has 1 N–H and O–H groups in total. The molecule has 0 saturated heterocycles. The highest BCUT2D eigenvalue weighted by Gasteiger charge is 2.30. The molecule has 0 aliphatic heterocycles. The number of furan rings is 1. The highest BCUT2D eigenvalue weighted by Crippen LogP contribution is 2.29. The molecule has 4 aromatic rings. The molecule has 0 aliphatic rings. The van der Waals surface area contributed by atoms with Crippen molar-refractivity contribution in [1.82, 2.24) is 14.7 Å². The van der Waals surface area contributed by atoms with Crippen molar-refractivity contribution in [2.75, 3.05) is 11.4 Å². The van der Waals surface area contributed by atoms with Gasteiger partial charge in [-0.1, -0.05) is 42.5 Å². The van der Waals surface area contributed by atoms with E-state index in [1.54, 1.807) is 18.4 Å². The largest absolute Gasteiger partial charge is 0.467 e. The first kappa shape index (κ1) is 24.5. The Balaban J connectivity index is 1.37. The Morgan fingerprint density at radius 2 is 1.83 bits per heavy atom. The zero-order valence-corrected chi connectivity index (χ0v) is 19.5. The fraction of sp³-hybridized carbons (Fsp3) is 0.240. The maximum atomic E-state index is 12.9. The lowest BCUT2D eigenvalue weighted by Gasteiger charge is -2.20. The van der Waals surface area contributed by atoms with Crippen LogP contribution >= 0.6 is 11.5 Å². The number of hydrogen-bond acceptors (Lipinski definition) is 6. The molecule has 0 atom stereocenters. The van der Waals surface area contributed by atoms with E-state index >= 15 is 0 Å². The molecule has 2 aromatic heterocycles. The third-order valence-corrected chi connectivity index (χ3v) is 6.03. The molecular weight excluding hydrogens is 477 g/mol. The molecule has 0 unspecified atom stereocenters. The molecule has 2 aromatic carbocycles. The summed E-state index contributed by atoms with van der Waals surface area (Å²) in [7, 11) is 0. The number of amides is 1. The standard InChI is InChI=1S/C25H23F3N4O2S/c26-25(27,28)20-9-4-8-19(14-20)16-29-23(33)11-12-32(17-21-10-5-13-34-21)24-30-22(31-35-24)15-18-6-2-1-3-7-18/h1-10,13-14H,11-12,15-17H2,(H,29,33). The predicted molar refractivity (Wildman–Crippen MR) is 127 cm³/mol. The van der Waals surface area contributed by atoms with Crippen LogP contribution in [0, 0.1) is 0 Å². The van der Waals surface area contributed by atoms with E-state index in [4.69, 9.17) is 4.42 Å². The number of anilines is 1. The fourth-order valence-electron chi connectivity index (χ4n) is 3.44. The summed E-state index contributed by atoms with van der Waals surface area (Å²) in [4.78, 5) is 19.0. The SMILES string of the molecule is O=C(CCN(Cc1ccco1)c1nc(Cc2ccccc2)ns1)NCc1cccc(C(F)(F)F)c1. The van der Waals surface area contributed by atoms with Crippen molar-refractivity contribution in [2.45, 2.75) is 32.1 Å². The van der Waals surface area contributed by atoms with Gasteiger partial charge in [-0.05, 0) is 35.4 Å². The van der Waals surface area contributed by atoms with Gasteiger partial charge in [-0.25, -0.2) is 4.98 Å². The van der Waals surface area contributed by atoms with Gasteiger partial charge in [-0.3, -0.25) is 4.79 Å². The number of hydrogen-bond donors (Lipinski definition) is 1. The Bertz CT molecular complexity index is 1230. The molecule has 0 saturated carbocycles. The van der Waals surface area contributed by atoms with Crippen LogP contribution in [0.15, 0.2) is 77.4 Å². The molecule has 1 amide bonds. The Morgan fingerprint density at radius 3 is 2.57 bits per heavy atom. The van der Waals surface area contributed by atoms with Gasteiger partial charge in [0.15, 0.2) is 0 Å². The number of carbonyl (C=O) groups excluding carboxylic acids is 1. The first-order valence-electron chi connectivity index (χ1n) is 10.9. The van der Waals surface area contributed by atoms with E-state index < -0.39 is 11.7 Å². The van der Waals surface area contributed by atoms with Crippen molar-refractivity contribution >= 4 is 22.6 Å². The Kier molecular flexibility index (Phi) is 7.81. The first-order valence-corrected chi connectivity index (χ1v) is 11.7. The van der Waals surface area contributed by atoms with E-state index in [2.05, 4.69) is 14.7 Å². The van der Waals surface area contributed by atoms with Crippen molar-refractivity contribution in [3.8, 4) is 0 Å². The van der Waals surface area contributed by atoms with Crippen molar-refractivity contribution < 1.29 is 22.4 Å². The second kappa shape index (κ2) is 11.2. The Hall–Kier alpha value is -3.66. The number of halogens is 3. The molecule has 182 valence electrons. The lowest BCUT2D eigenvalue weighted by atomic mass is 10.1. The van der Waals surface area contributed by atoms with Crippen LogP contribution in [0.2, 0.25) is 0 Å². The summed E-state index contributed by atoms with van der Waals surface area (Å²) >= 11 is 1.25. The molecule has 0 spiro atoms. The summed E-state index contributed by atoms with van der Waals surface area (Å²) in [6.45, 7) is 0.768. The Labute approximate surface area is 204 Å². The van der Waals surface area contributed by atoms with Gasteiger partial charge in [0.2, 0.25) is 11.0 Å². The fourth-order valence-corrected chi connectivity index (χ4v) is 4.15. The number of benzene rings is 2. The zero-order valence-electron chi connectivity index (χ0n) is 18.7. The van der Waals surface area contributed by atoms with Gasteiger partial charge in [0.05, 0.1) is 18.4 Å². The normalized spacial score (nSPS) is 11.4. The van der Waals surface area contributed by atoms with Gasteiger partial charge >= 0.3 is 6.18 Å². The van der Waals surface area contributed by atoms with Gasteiger partial charge in [-0.15, -0.1) is 0 Å². The average molecular weight is 501 g/mol. The summed E-state index contributed by atoms with van der Waals surface area (Å²) in [6.07, 6.45) is -2.11. The average Bonchev–Trinajstić information content (AvgIpc) is 3.53. The minimum absolute atomic E-state index is 0.0148. The van der Waals surface area contributed by atoms with E-state index in [0.717, 1.165) is 17.7 Å². The van der Waals surface area contributed by atoms with Crippen LogP contribution in [0.3, 0.4) is 0 Å². The van der Waals surface area contributed by atoms with Crippen LogP contribution in [0.4, 0.5) is 18.3 Å². The second-order valence-electron chi connectivity index (χ2n) is 7.88. The third-order valence-electron chi connectivity index (χ3n) is 5.21. The lowest BCUT2D eigenvalue weighted by Crippen LogP contribution is -2.30. The summed E-state index contributed by atoms with van der Waals surface area (Å²) in [5, 5.41) is 3.36. The molecule has 6 nitrogen and oxygen atoms in total. The van der Waals surface area contributed by atoms with E-state index in [9.17, 15) is 18.0 Å². The van der Waals surface area contributed by atoms with Crippen LogP contribution in [-0.2, 0) is 30.5 Å². The van der Waals surface area contributed by atoms with Gasteiger partial charge in [0, 0.05) is 37.5 Å². The molecule has 0 bridgehead atoms. The highest BCUT2D eigenvalue weighted by molar-refractivity contribution is 7.09. The second-order valence-corrected chi connectivity index (χ2v) is 8.61. The molecule has 0 fully saturated rings. The monoisotopic (exact) mass is 500 g/mol. The van der Waals surface area contributed by atoms with Crippen LogP contribution in [0.5, 0.6) is 0 Å². The molecule has 4 rings (SSSR count). The highest BCUT2D eigenvalue weighted by atomic mass is 32.1. The van der Waals surface area contributed by atoms with E-state index in [1.165, 1.54) is 17.6 Å². The summed E-state index contributed by atoms with van der Waals surface area (Å²) in [5.41, 5.74) is 0.746. The number of alkyl halides is 3. The van der Waals surface area contributed by atoms with Crippen LogP contribution in [0.25, 0.3) is 0 Å². The molecule has 2 heterocycles. The van der Waals surface area contributed by atoms with Gasteiger partial charge in [0.1, 0.15) is 11.6 Å². The summed E-state index contributed by atoms with van der Waals surface area (Å²) in [6, 6.07) is 18.5. The molecular formula is C25H23F3N4O2S. The quantitative estimate of drug-likeness (QED) is 0.313. The van der Waals surface area contributed by atoms with Crippen molar-refractivity contribution in [2.24, 2.45) is 0 Å². The van der Waals surface area contributed by atoms with Gasteiger partial charge in [-0.2, -0.15) is 17.5 Å². The molecule has 10 heteroatoms. The summed E-state index contributed by atoms with van der Waals surface area (Å²) < 4.78 is 48.6. The minimum Gasteiger partial charge on any atom is -0.467 e. The van der Waals surface area contributed by atoms with Crippen molar-refractivity contribution in [3.63, 3.8) is 0 Å². The van der Waals surface area contributed by atoms with Crippen LogP contribution in [-0.4, -0.2) is 21.8 Å². The molecule has 0 aliphatic carbocycles. The predicted octanol–water partition coefficient (Wildman–Crippen LogP) is 5.45.